The number of hydrogen-bond donors (Lipinski definition) is 2. The molecule has 4 heteroatoms. The van der Waals surface area contributed by atoms with Crippen molar-refractivity contribution in [3.63, 3.8) is 0 Å². The van der Waals surface area contributed by atoms with Crippen LogP contribution < -0.4 is 15.9 Å². The zero-order valence-corrected chi connectivity index (χ0v) is 21.0. The molecular formula is C32H28N2O2. The number of benzene rings is 4. The smallest absolute Gasteiger partial charge is 0.201 e. The molecule has 4 aromatic rings. The number of allylic oxidation sites excluding steroid dienone is 2. The molecule has 7 rings (SSSR count). The number of ketones is 1. The lowest BCUT2D eigenvalue weighted by Gasteiger charge is -2.36. The van der Waals surface area contributed by atoms with E-state index in [0.29, 0.717) is 11.1 Å². The molecule has 2 aliphatic heterocycles. The van der Waals surface area contributed by atoms with E-state index in [4.69, 9.17) is 4.99 Å². The predicted octanol–water partition coefficient (Wildman–Crippen LogP) is 5.40. The Morgan fingerprint density at radius 2 is 1.47 bits per heavy atom. The molecule has 178 valence electrons. The SMILES string of the molecule is CC1(C)Cc2cccc3cc/c(=C4/C(=O)C(c5ccc6cccc7c6c5NC(C)(C)C7)=C4O)c(c23)=N1. The van der Waals surface area contributed by atoms with Gasteiger partial charge in [0.05, 0.1) is 27.7 Å². The Labute approximate surface area is 209 Å². The van der Waals surface area contributed by atoms with Gasteiger partial charge in [-0.2, -0.15) is 0 Å². The average Bonchev–Trinajstić information content (AvgIpc) is 2.81. The molecule has 0 spiro atoms. The standard InChI is InChI=1S/C32H28N2O2/c1-31(2)15-19-9-5-7-17-11-13-21(27(33-31)23(17)19)25-29(35)26(30(25)36)22-14-12-18-8-6-10-20-16-32(3,4)34-28(22)24(18)20/h5-14,33,35H,15-16H2,1-4H3/b26-22-. The Bertz CT molecular complexity index is 1840. The normalized spacial score (nSPS) is 20.7. The summed E-state index contributed by atoms with van der Waals surface area (Å²) in [7, 11) is 0. The van der Waals surface area contributed by atoms with Crippen LogP contribution in [0.1, 0.15) is 44.4 Å². The number of anilines is 1. The second kappa shape index (κ2) is 6.85. The summed E-state index contributed by atoms with van der Waals surface area (Å²) in [5.41, 5.74) is 4.52. The summed E-state index contributed by atoms with van der Waals surface area (Å²) in [5.74, 6) is -0.0673. The first-order chi connectivity index (χ1) is 17.1. The Morgan fingerprint density at radius 3 is 2.19 bits per heavy atom. The molecule has 1 aliphatic carbocycles. The van der Waals surface area contributed by atoms with Gasteiger partial charge in [-0.15, -0.1) is 0 Å². The highest BCUT2D eigenvalue weighted by atomic mass is 16.3. The summed E-state index contributed by atoms with van der Waals surface area (Å²) in [6, 6.07) is 20.6. The molecule has 4 nitrogen and oxygen atoms in total. The lowest BCUT2D eigenvalue weighted by molar-refractivity contribution is -0.109. The third kappa shape index (κ3) is 2.87. The summed E-state index contributed by atoms with van der Waals surface area (Å²) in [6.45, 7) is 8.57. The fourth-order valence-electron chi connectivity index (χ4n) is 6.41. The Kier molecular flexibility index (Phi) is 4.07. The number of hydrogen-bond acceptors (Lipinski definition) is 4. The first kappa shape index (κ1) is 21.4. The van der Waals surface area contributed by atoms with E-state index in [-0.39, 0.29) is 22.6 Å². The van der Waals surface area contributed by atoms with Crippen molar-refractivity contribution >= 4 is 44.2 Å². The minimum atomic E-state index is -0.276. The third-order valence-corrected chi connectivity index (χ3v) is 7.84. The fraction of sp³-hybridized carbons (Fsp3) is 0.250. The highest BCUT2D eigenvalue weighted by Gasteiger charge is 2.39. The quantitative estimate of drug-likeness (QED) is 0.390. The zero-order chi connectivity index (χ0) is 25.0. The Hall–Kier alpha value is -3.92. The number of carbonyl (C=O) groups is 1. The largest absolute Gasteiger partial charge is 0.506 e. The molecule has 0 amide bonds. The topological polar surface area (TPSA) is 61.7 Å². The minimum absolute atomic E-state index is 0.0601. The monoisotopic (exact) mass is 472 g/mol. The zero-order valence-electron chi connectivity index (χ0n) is 21.0. The first-order valence-electron chi connectivity index (χ1n) is 12.6. The third-order valence-electron chi connectivity index (χ3n) is 7.84. The van der Waals surface area contributed by atoms with Crippen molar-refractivity contribution in [3.05, 3.63) is 93.7 Å². The maximum Gasteiger partial charge on any atom is 0.201 e. The summed E-state index contributed by atoms with van der Waals surface area (Å²) < 4.78 is 0. The van der Waals surface area contributed by atoms with Crippen LogP contribution in [0.25, 0.3) is 32.7 Å². The molecule has 0 saturated heterocycles. The van der Waals surface area contributed by atoms with Crippen molar-refractivity contribution in [1.29, 1.82) is 0 Å². The van der Waals surface area contributed by atoms with Crippen molar-refractivity contribution in [2.24, 2.45) is 4.99 Å². The minimum Gasteiger partial charge on any atom is -0.506 e. The highest BCUT2D eigenvalue weighted by molar-refractivity contribution is 6.52. The molecule has 0 bridgehead atoms. The van der Waals surface area contributed by atoms with Gasteiger partial charge in [-0.1, -0.05) is 60.7 Å². The highest BCUT2D eigenvalue weighted by Crippen LogP contribution is 2.45. The lowest BCUT2D eigenvalue weighted by atomic mass is 9.78. The molecule has 0 saturated carbocycles. The molecule has 2 N–H and O–H groups in total. The van der Waals surface area contributed by atoms with Crippen LogP contribution in [0.3, 0.4) is 0 Å². The van der Waals surface area contributed by atoms with E-state index in [9.17, 15) is 9.90 Å². The van der Waals surface area contributed by atoms with Crippen LogP contribution in [0.15, 0.2) is 71.4 Å². The van der Waals surface area contributed by atoms with E-state index in [1.807, 2.05) is 24.3 Å². The maximum absolute atomic E-state index is 13.8. The molecule has 36 heavy (non-hydrogen) atoms. The molecule has 0 fully saturated rings. The van der Waals surface area contributed by atoms with Gasteiger partial charge in [-0.05, 0) is 62.4 Å². The number of aliphatic hydroxyl groups is 1. The number of rotatable bonds is 1. The fourth-order valence-corrected chi connectivity index (χ4v) is 6.41. The van der Waals surface area contributed by atoms with E-state index in [1.165, 1.54) is 11.1 Å². The first-order valence-corrected chi connectivity index (χ1v) is 12.6. The molecule has 2 heterocycles. The van der Waals surface area contributed by atoms with Gasteiger partial charge in [-0.25, -0.2) is 0 Å². The molecule has 0 radical (unpaired) electrons. The molecule has 0 atom stereocenters. The number of nitrogens with one attached hydrogen (secondary N) is 1. The summed E-state index contributed by atoms with van der Waals surface area (Å²) in [5, 5.41) is 21.1. The van der Waals surface area contributed by atoms with Gasteiger partial charge in [0.15, 0.2) is 0 Å². The van der Waals surface area contributed by atoms with E-state index < -0.39 is 0 Å². The number of aliphatic hydroxyl groups excluding tert-OH is 1. The van der Waals surface area contributed by atoms with Gasteiger partial charge >= 0.3 is 0 Å². The van der Waals surface area contributed by atoms with Crippen LogP contribution >= 0.6 is 0 Å². The van der Waals surface area contributed by atoms with Crippen LogP contribution in [-0.2, 0) is 17.6 Å². The van der Waals surface area contributed by atoms with Crippen molar-refractivity contribution in [2.45, 2.75) is 51.6 Å². The van der Waals surface area contributed by atoms with Gasteiger partial charge < -0.3 is 10.4 Å². The summed E-state index contributed by atoms with van der Waals surface area (Å²) >= 11 is 0. The van der Waals surface area contributed by atoms with Crippen LogP contribution in [-0.4, -0.2) is 22.0 Å². The summed E-state index contributed by atoms with van der Waals surface area (Å²) in [4.78, 5) is 18.8. The second-order valence-corrected chi connectivity index (χ2v) is 11.7. The number of carbonyl (C=O) groups excluding carboxylic acids is 1. The summed E-state index contributed by atoms with van der Waals surface area (Å²) in [6.07, 6.45) is 1.75. The van der Waals surface area contributed by atoms with Gasteiger partial charge in [0.2, 0.25) is 5.78 Å². The molecule has 4 aromatic carbocycles. The van der Waals surface area contributed by atoms with Gasteiger partial charge in [0.25, 0.3) is 0 Å². The van der Waals surface area contributed by atoms with Crippen molar-refractivity contribution in [1.82, 2.24) is 0 Å². The van der Waals surface area contributed by atoms with Gasteiger partial charge in [-0.3, -0.25) is 9.79 Å². The van der Waals surface area contributed by atoms with E-state index in [2.05, 4.69) is 69.4 Å². The second-order valence-electron chi connectivity index (χ2n) is 11.7. The molecule has 3 aliphatic rings. The van der Waals surface area contributed by atoms with Crippen LogP contribution in [0.5, 0.6) is 0 Å². The molecule has 0 unspecified atom stereocenters. The number of Topliss-reactive ketones (excluding diaryl/α,β-unsaturated/α-hetero) is 1. The lowest BCUT2D eigenvalue weighted by Crippen LogP contribution is -2.41. The van der Waals surface area contributed by atoms with E-state index in [1.54, 1.807) is 0 Å². The van der Waals surface area contributed by atoms with Crippen LogP contribution in [0.4, 0.5) is 5.69 Å². The van der Waals surface area contributed by atoms with Crippen LogP contribution in [0, 0.1) is 0 Å². The van der Waals surface area contributed by atoms with Crippen LogP contribution in [0.2, 0.25) is 0 Å². The molecular weight excluding hydrogens is 444 g/mol. The van der Waals surface area contributed by atoms with Crippen molar-refractivity contribution < 1.29 is 9.90 Å². The average molecular weight is 473 g/mol. The predicted molar refractivity (Wildman–Crippen MR) is 146 cm³/mol. The maximum atomic E-state index is 13.8. The Balaban J connectivity index is 1.52. The Morgan fingerprint density at radius 1 is 0.806 bits per heavy atom. The van der Waals surface area contributed by atoms with Gasteiger partial charge in [0, 0.05) is 27.1 Å². The van der Waals surface area contributed by atoms with E-state index in [0.717, 1.165) is 56.2 Å². The number of nitrogens with zero attached hydrogens (tertiary/aromatic N) is 1. The van der Waals surface area contributed by atoms with E-state index >= 15 is 0 Å². The van der Waals surface area contributed by atoms with Crippen molar-refractivity contribution in [2.75, 3.05) is 5.32 Å². The van der Waals surface area contributed by atoms with Crippen molar-refractivity contribution in [3.8, 4) is 0 Å². The van der Waals surface area contributed by atoms with Gasteiger partial charge in [0.1, 0.15) is 5.76 Å². The molecule has 0 aromatic heterocycles.